The zero-order valence-corrected chi connectivity index (χ0v) is 13.5. The van der Waals surface area contributed by atoms with Gasteiger partial charge in [0.15, 0.2) is 0 Å². The van der Waals surface area contributed by atoms with Gasteiger partial charge in [0, 0.05) is 17.8 Å². The molecule has 0 saturated carbocycles. The summed E-state index contributed by atoms with van der Waals surface area (Å²) in [6.45, 7) is 0. The third kappa shape index (κ3) is 2.95. The first-order chi connectivity index (χ1) is 11.0. The van der Waals surface area contributed by atoms with Crippen LogP contribution in [-0.4, -0.2) is 27.6 Å². The summed E-state index contributed by atoms with van der Waals surface area (Å²) in [6.07, 6.45) is 1.80. The average molecular weight is 332 g/mol. The smallest absolute Gasteiger partial charge is 0.265 e. The molecule has 0 bridgehead atoms. The Labute approximate surface area is 134 Å². The monoisotopic (exact) mass is 332 g/mol. The molecule has 2 N–H and O–H groups in total. The molecule has 0 fully saturated rings. The van der Waals surface area contributed by atoms with Crippen molar-refractivity contribution < 1.29 is 17.9 Å². The minimum Gasteiger partial charge on any atom is -0.497 e. The molecule has 6 nitrogen and oxygen atoms in total. The van der Waals surface area contributed by atoms with Gasteiger partial charge in [-0.3, -0.25) is 4.72 Å². The summed E-state index contributed by atoms with van der Waals surface area (Å²) in [4.78, 5) is 3.10. The summed E-state index contributed by atoms with van der Waals surface area (Å²) in [5.74, 6) is 0.742. The van der Waals surface area contributed by atoms with Crippen molar-refractivity contribution in [2.24, 2.45) is 0 Å². The maximum absolute atomic E-state index is 12.6. The van der Waals surface area contributed by atoms with Crippen LogP contribution in [0.4, 0.5) is 5.69 Å². The second-order valence-electron chi connectivity index (χ2n) is 4.90. The SMILES string of the molecule is COc1ccc(S(=O)(=O)Nc2ccc3cc[nH]c3c2)c(OC)c1. The fraction of sp³-hybridized carbons (Fsp3) is 0.125. The van der Waals surface area contributed by atoms with Crippen LogP contribution in [0.3, 0.4) is 0 Å². The Morgan fingerprint density at radius 2 is 1.83 bits per heavy atom. The summed E-state index contributed by atoms with van der Waals surface area (Å²) in [7, 11) is -0.855. The summed E-state index contributed by atoms with van der Waals surface area (Å²) in [5.41, 5.74) is 1.32. The van der Waals surface area contributed by atoms with Gasteiger partial charge in [-0.15, -0.1) is 0 Å². The van der Waals surface area contributed by atoms with E-state index in [1.807, 2.05) is 12.1 Å². The van der Waals surface area contributed by atoms with Crippen molar-refractivity contribution in [1.29, 1.82) is 0 Å². The number of methoxy groups -OCH3 is 2. The van der Waals surface area contributed by atoms with Gasteiger partial charge in [0.25, 0.3) is 10.0 Å². The molecule has 23 heavy (non-hydrogen) atoms. The van der Waals surface area contributed by atoms with Crippen LogP contribution in [0.2, 0.25) is 0 Å². The standard InChI is InChI=1S/C16H16N2O4S/c1-21-13-5-6-16(15(10-13)22-2)23(19,20)18-12-4-3-11-7-8-17-14(11)9-12/h3-10,17-18H,1-2H3. The number of anilines is 1. The quantitative estimate of drug-likeness (QED) is 0.753. The van der Waals surface area contributed by atoms with Crippen LogP contribution in [0.15, 0.2) is 53.6 Å². The lowest BCUT2D eigenvalue weighted by atomic mass is 10.2. The minimum absolute atomic E-state index is 0.0485. The Bertz CT molecular complexity index is 948. The van der Waals surface area contributed by atoms with Crippen molar-refractivity contribution in [3.63, 3.8) is 0 Å². The average Bonchev–Trinajstić information content (AvgIpc) is 3.01. The predicted molar refractivity (Wildman–Crippen MR) is 88.7 cm³/mol. The predicted octanol–water partition coefficient (Wildman–Crippen LogP) is 2.99. The van der Waals surface area contributed by atoms with Crippen LogP contribution in [0.5, 0.6) is 11.5 Å². The molecular weight excluding hydrogens is 316 g/mol. The van der Waals surface area contributed by atoms with E-state index in [0.717, 1.165) is 10.9 Å². The molecule has 0 aliphatic heterocycles. The highest BCUT2D eigenvalue weighted by atomic mass is 32.2. The lowest BCUT2D eigenvalue weighted by molar-refractivity contribution is 0.386. The topological polar surface area (TPSA) is 80.4 Å². The van der Waals surface area contributed by atoms with Crippen LogP contribution in [0.1, 0.15) is 0 Å². The maximum atomic E-state index is 12.6. The van der Waals surface area contributed by atoms with Gasteiger partial charge in [0.1, 0.15) is 16.4 Å². The molecule has 1 heterocycles. The van der Waals surface area contributed by atoms with Crippen molar-refractivity contribution in [3.8, 4) is 11.5 Å². The van der Waals surface area contributed by atoms with E-state index in [2.05, 4.69) is 9.71 Å². The molecule has 0 saturated heterocycles. The third-order valence-electron chi connectivity index (χ3n) is 3.47. The Kier molecular flexibility index (Phi) is 3.87. The highest BCUT2D eigenvalue weighted by molar-refractivity contribution is 7.92. The van der Waals surface area contributed by atoms with E-state index in [-0.39, 0.29) is 10.6 Å². The number of hydrogen-bond donors (Lipinski definition) is 2. The molecule has 0 spiro atoms. The number of ether oxygens (including phenoxy) is 2. The van der Waals surface area contributed by atoms with E-state index in [0.29, 0.717) is 11.4 Å². The van der Waals surface area contributed by atoms with Crippen LogP contribution in [0, 0.1) is 0 Å². The van der Waals surface area contributed by atoms with E-state index >= 15 is 0 Å². The molecule has 0 radical (unpaired) electrons. The molecule has 0 aliphatic carbocycles. The Morgan fingerprint density at radius 3 is 2.57 bits per heavy atom. The molecule has 0 atom stereocenters. The Morgan fingerprint density at radius 1 is 1.00 bits per heavy atom. The third-order valence-corrected chi connectivity index (χ3v) is 4.89. The highest BCUT2D eigenvalue weighted by Gasteiger charge is 2.20. The molecule has 1 aromatic heterocycles. The number of aromatic nitrogens is 1. The minimum atomic E-state index is -3.78. The molecule has 2 aromatic carbocycles. The summed E-state index contributed by atoms with van der Waals surface area (Å²) in [6, 6.07) is 11.8. The molecule has 0 unspecified atom stereocenters. The largest absolute Gasteiger partial charge is 0.497 e. The highest BCUT2D eigenvalue weighted by Crippen LogP contribution is 2.30. The Hall–Kier alpha value is -2.67. The van der Waals surface area contributed by atoms with Crippen molar-refractivity contribution in [1.82, 2.24) is 4.98 Å². The van der Waals surface area contributed by atoms with Gasteiger partial charge in [-0.2, -0.15) is 0 Å². The van der Waals surface area contributed by atoms with Gasteiger partial charge in [0.05, 0.1) is 19.9 Å². The maximum Gasteiger partial charge on any atom is 0.265 e. The summed E-state index contributed by atoms with van der Waals surface area (Å²) < 4.78 is 38.0. The van der Waals surface area contributed by atoms with Crippen LogP contribution in [-0.2, 0) is 10.0 Å². The molecule has 0 amide bonds. The number of sulfonamides is 1. The van der Waals surface area contributed by atoms with E-state index in [4.69, 9.17) is 9.47 Å². The van der Waals surface area contributed by atoms with Gasteiger partial charge in [0.2, 0.25) is 0 Å². The number of H-pyrrole nitrogens is 1. The number of benzene rings is 2. The number of nitrogens with one attached hydrogen (secondary N) is 2. The first kappa shape index (κ1) is 15.2. The second kappa shape index (κ2) is 5.85. The van der Waals surface area contributed by atoms with Crippen molar-refractivity contribution in [3.05, 3.63) is 48.7 Å². The number of fused-ring (bicyclic) bond motifs is 1. The first-order valence-electron chi connectivity index (χ1n) is 6.85. The van der Waals surface area contributed by atoms with E-state index in [1.54, 1.807) is 24.4 Å². The molecule has 3 rings (SSSR count). The van der Waals surface area contributed by atoms with Gasteiger partial charge in [-0.05, 0) is 35.7 Å². The zero-order valence-electron chi connectivity index (χ0n) is 12.7. The van der Waals surface area contributed by atoms with Crippen molar-refractivity contribution >= 4 is 26.6 Å². The normalized spacial score (nSPS) is 11.4. The molecular formula is C16H16N2O4S. The van der Waals surface area contributed by atoms with E-state index in [9.17, 15) is 8.42 Å². The number of aromatic amines is 1. The second-order valence-corrected chi connectivity index (χ2v) is 6.55. The molecule has 120 valence electrons. The van der Waals surface area contributed by atoms with Gasteiger partial charge >= 0.3 is 0 Å². The van der Waals surface area contributed by atoms with Crippen molar-refractivity contribution in [2.75, 3.05) is 18.9 Å². The fourth-order valence-corrected chi connectivity index (χ4v) is 3.52. The van der Waals surface area contributed by atoms with Crippen LogP contribution < -0.4 is 14.2 Å². The van der Waals surface area contributed by atoms with Gasteiger partial charge < -0.3 is 14.5 Å². The zero-order chi connectivity index (χ0) is 16.4. The summed E-state index contributed by atoms with van der Waals surface area (Å²) in [5, 5.41) is 1.01. The van der Waals surface area contributed by atoms with Crippen LogP contribution in [0.25, 0.3) is 10.9 Å². The first-order valence-corrected chi connectivity index (χ1v) is 8.34. The number of hydrogen-bond acceptors (Lipinski definition) is 4. The van der Waals surface area contributed by atoms with Crippen LogP contribution >= 0.6 is 0 Å². The van der Waals surface area contributed by atoms with E-state index < -0.39 is 10.0 Å². The molecule has 3 aromatic rings. The number of rotatable bonds is 5. The Balaban J connectivity index is 1.97. The van der Waals surface area contributed by atoms with E-state index in [1.165, 1.54) is 26.4 Å². The lowest BCUT2D eigenvalue weighted by Crippen LogP contribution is -2.14. The van der Waals surface area contributed by atoms with Crippen molar-refractivity contribution in [2.45, 2.75) is 4.90 Å². The fourth-order valence-electron chi connectivity index (χ4n) is 2.32. The summed E-state index contributed by atoms with van der Waals surface area (Å²) >= 11 is 0. The van der Waals surface area contributed by atoms with Gasteiger partial charge in [-0.1, -0.05) is 6.07 Å². The van der Waals surface area contributed by atoms with Gasteiger partial charge in [-0.25, -0.2) is 8.42 Å². The molecule has 0 aliphatic rings. The lowest BCUT2D eigenvalue weighted by Gasteiger charge is -2.12. The molecule has 7 heteroatoms.